The number of fused-ring (bicyclic) bond motifs is 3. The molecule has 5 aromatic rings. The molecule has 0 atom stereocenters. The number of carbonyl (C=O) groups is 1. The second kappa shape index (κ2) is 6.96. The Morgan fingerprint density at radius 1 is 1.00 bits per heavy atom. The number of imidazole rings is 1. The van der Waals surface area contributed by atoms with E-state index in [0.717, 1.165) is 56.4 Å². The second-order valence-electron chi connectivity index (χ2n) is 8.25. The van der Waals surface area contributed by atoms with Gasteiger partial charge in [0.15, 0.2) is 0 Å². The van der Waals surface area contributed by atoms with Crippen LogP contribution < -0.4 is 0 Å². The molecule has 0 radical (unpaired) electrons. The summed E-state index contributed by atoms with van der Waals surface area (Å²) in [6, 6.07) is 14.0. The van der Waals surface area contributed by atoms with E-state index in [1.54, 1.807) is 12.4 Å². The zero-order valence-corrected chi connectivity index (χ0v) is 17.7. The molecule has 2 N–H and O–H groups in total. The molecule has 4 heterocycles. The summed E-state index contributed by atoms with van der Waals surface area (Å²) < 4.78 is 0. The van der Waals surface area contributed by atoms with Gasteiger partial charge in [-0.3, -0.25) is 4.79 Å². The van der Waals surface area contributed by atoms with Crippen molar-refractivity contribution in [2.45, 2.75) is 6.54 Å². The highest BCUT2D eigenvalue weighted by molar-refractivity contribution is 6.20. The smallest absolute Gasteiger partial charge is 0.278 e. The third-order valence-electron chi connectivity index (χ3n) is 5.85. The first-order chi connectivity index (χ1) is 15.6. The molecule has 7 nitrogen and oxygen atoms in total. The Hall–Kier alpha value is -4.10. The summed E-state index contributed by atoms with van der Waals surface area (Å²) in [5, 5.41) is 1.01. The zero-order valence-electron chi connectivity index (χ0n) is 17.7. The summed E-state index contributed by atoms with van der Waals surface area (Å²) in [6.07, 6.45) is 5.34. The van der Waals surface area contributed by atoms with Crippen molar-refractivity contribution in [3.63, 3.8) is 0 Å². The standard InChI is InChI=1S/C25H20N6O/c1-31(2)13-14-5-3-7-20-22(14)30-24(29-20)17-9-8-15(19-12-28-25(32)21(17)19)18-11-27-23-16(18)6-4-10-26-23/h3-12H,13H2,1-2H3,(H,26,27)(H,29,30). The fourth-order valence-electron chi connectivity index (χ4n) is 4.47. The van der Waals surface area contributed by atoms with Crippen molar-refractivity contribution in [2.75, 3.05) is 14.1 Å². The Morgan fingerprint density at radius 2 is 1.88 bits per heavy atom. The van der Waals surface area contributed by atoms with Crippen LogP contribution in [0.4, 0.5) is 0 Å². The van der Waals surface area contributed by atoms with E-state index in [1.165, 1.54) is 0 Å². The number of para-hydroxylation sites is 1. The van der Waals surface area contributed by atoms with Crippen molar-refractivity contribution in [3.05, 3.63) is 71.5 Å². The van der Waals surface area contributed by atoms with Crippen LogP contribution in [0.2, 0.25) is 0 Å². The molecule has 6 rings (SSSR count). The summed E-state index contributed by atoms with van der Waals surface area (Å²) in [5.74, 6) is 0.428. The molecule has 3 aromatic heterocycles. The van der Waals surface area contributed by atoms with E-state index >= 15 is 0 Å². The average molecular weight is 420 g/mol. The van der Waals surface area contributed by atoms with E-state index in [0.29, 0.717) is 11.4 Å². The summed E-state index contributed by atoms with van der Waals surface area (Å²) in [6.45, 7) is 0.787. The number of hydrogen-bond acceptors (Lipinski definition) is 4. The molecule has 7 heteroatoms. The molecular weight excluding hydrogens is 400 g/mol. The molecule has 32 heavy (non-hydrogen) atoms. The Labute approximate surface area is 183 Å². The maximum Gasteiger partial charge on any atom is 0.278 e. The van der Waals surface area contributed by atoms with Crippen LogP contribution in [0, 0.1) is 0 Å². The fraction of sp³-hybridized carbons (Fsp3) is 0.120. The largest absolute Gasteiger partial charge is 0.346 e. The second-order valence-corrected chi connectivity index (χ2v) is 8.25. The average Bonchev–Trinajstić information content (AvgIpc) is 3.50. The van der Waals surface area contributed by atoms with Gasteiger partial charge in [-0.25, -0.2) is 15.0 Å². The highest BCUT2D eigenvalue weighted by Gasteiger charge is 2.26. The van der Waals surface area contributed by atoms with Gasteiger partial charge in [-0.2, -0.15) is 0 Å². The van der Waals surface area contributed by atoms with Crippen LogP contribution in [0.15, 0.2) is 59.9 Å². The number of carbonyl (C=O) groups excluding carboxylic acids is 1. The Morgan fingerprint density at radius 3 is 2.75 bits per heavy atom. The van der Waals surface area contributed by atoms with E-state index in [1.807, 2.05) is 56.7 Å². The molecule has 1 aliphatic heterocycles. The normalized spacial score (nSPS) is 13.0. The number of nitrogens with zero attached hydrogens (tertiary/aromatic N) is 4. The quantitative estimate of drug-likeness (QED) is 0.451. The van der Waals surface area contributed by atoms with Crippen molar-refractivity contribution in [2.24, 2.45) is 4.99 Å². The number of hydrogen-bond donors (Lipinski definition) is 2. The molecule has 0 spiro atoms. The number of H-pyrrole nitrogens is 2. The number of aliphatic imine (C=N–C) groups is 1. The number of nitrogens with one attached hydrogen (secondary N) is 2. The maximum absolute atomic E-state index is 12.8. The van der Waals surface area contributed by atoms with Crippen molar-refractivity contribution < 1.29 is 4.79 Å². The molecule has 1 aliphatic rings. The number of amides is 1. The van der Waals surface area contributed by atoms with Gasteiger partial charge < -0.3 is 14.9 Å². The molecule has 0 saturated carbocycles. The number of aromatic amines is 2. The molecule has 0 aliphatic carbocycles. The van der Waals surface area contributed by atoms with Crippen LogP contribution in [-0.4, -0.2) is 51.1 Å². The summed E-state index contributed by atoms with van der Waals surface area (Å²) in [5.41, 5.74) is 7.91. The Kier molecular flexibility index (Phi) is 4.06. The lowest BCUT2D eigenvalue weighted by Gasteiger charge is -2.10. The van der Waals surface area contributed by atoms with E-state index < -0.39 is 0 Å². The van der Waals surface area contributed by atoms with Gasteiger partial charge in [-0.05, 0) is 49.5 Å². The van der Waals surface area contributed by atoms with E-state index in [-0.39, 0.29) is 5.91 Å². The number of benzene rings is 2. The number of rotatable bonds is 4. The molecule has 0 saturated heterocycles. The summed E-state index contributed by atoms with van der Waals surface area (Å²) >= 11 is 0. The van der Waals surface area contributed by atoms with Crippen LogP contribution in [-0.2, 0) is 6.54 Å². The molecule has 156 valence electrons. The minimum Gasteiger partial charge on any atom is -0.346 e. The zero-order chi connectivity index (χ0) is 21.8. The lowest BCUT2D eigenvalue weighted by Crippen LogP contribution is -2.10. The van der Waals surface area contributed by atoms with Crippen LogP contribution in [0.25, 0.3) is 44.6 Å². The lowest BCUT2D eigenvalue weighted by atomic mass is 9.93. The minimum atomic E-state index is -0.246. The molecule has 2 aromatic carbocycles. The SMILES string of the molecule is CN(C)Cc1cccc2[nH]c(-c3ccc(-c4c[nH]c5ncccc45)c4c3C(=O)N=C4)nc12. The molecular formula is C25H20N6O. The van der Waals surface area contributed by atoms with Crippen LogP contribution >= 0.6 is 0 Å². The van der Waals surface area contributed by atoms with Gasteiger partial charge in [0, 0.05) is 47.2 Å². The molecule has 0 bridgehead atoms. The van der Waals surface area contributed by atoms with Crippen molar-refractivity contribution >= 4 is 34.2 Å². The third kappa shape index (κ3) is 2.79. The summed E-state index contributed by atoms with van der Waals surface area (Å²) in [4.78, 5) is 34.9. The van der Waals surface area contributed by atoms with Crippen LogP contribution in [0.5, 0.6) is 0 Å². The highest BCUT2D eigenvalue weighted by atomic mass is 16.1. The van der Waals surface area contributed by atoms with Gasteiger partial charge in [0.25, 0.3) is 5.91 Å². The Bertz CT molecular complexity index is 1560. The lowest BCUT2D eigenvalue weighted by molar-refractivity contribution is 0.101. The van der Waals surface area contributed by atoms with Gasteiger partial charge in [0.1, 0.15) is 11.5 Å². The predicted molar refractivity (Wildman–Crippen MR) is 126 cm³/mol. The number of pyridine rings is 1. The number of aromatic nitrogens is 4. The van der Waals surface area contributed by atoms with E-state index in [2.05, 4.69) is 30.9 Å². The minimum absolute atomic E-state index is 0.246. The summed E-state index contributed by atoms with van der Waals surface area (Å²) in [7, 11) is 4.07. The van der Waals surface area contributed by atoms with E-state index in [4.69, 9.17) is 4.98 Å². The topological polar surface area (TPSA) is 90.0 Å². The van der Waals surface area contributed by atoms with Crippen LogP contribution in [0.3, 0.4) is 0 Å². The molecule has 0 fully saturated rings. The van der Waals surface area contributed by atoms with Gasteiger partial charge in [0.2, 0.25) is 0 Å². The molecule has 0 unspecified atom stereocenters. The van der Waals surface area contributed by atoms with Crippen LogP contribution in [0.1, 0.15) is 21.5 Å². The first-order valence-corrected chi connectivity index (χ1v) is 10.4. The van der Waals surface area contributed by atoms with Crippen molar-refractivity contribution in [3.8, 4) is 22.5 Å². The maximum atomic E-state index is 12.8. The molecule has 1 amide bonds. The van der Waals surface area contributed by atoms with E-state index in [9.17, 15) is 4.79 Å². The van der Waals surface area contributed by atoms with Gasteiger partial charge in [-0.15, -0.1) is 0 Å². The first kappa shape index (κ1) is 18.7. The highest BCUT2D eigenvalue weighted by Crippen LogP contribution is 2.37. The predicted octanol–water partition coefficient (Wildman–Crippen LogP) is 4.41. The monoisotopic (exact) mass is 420 g/mol. The van der Waals surface area contributed by atoms with Gasteiger partial charge in [-0.1, -0.05) is 18.2 Å². The van der Waals surface area contributed by atoms with Crippen molar-refractivity contribution in [1.82, 2.24) is 24.8 Å². The van der Waals surface area contributed by atoms with Gasteiger partial charge in [0.05, 0.1) is 16.6 Å². The van der Waals surface area contributed by atoms with Gasteiger partial charge >= 0.3 is 0 Å². The Balaban J connectivity index is 1.54. The third-order valence-corrected chi connectivity index (χ3v) is 5.85. The van der Waals surface area contributed by atoms with Crippen molar-refractivity contribution in [1.29, 1.82) is 0 Å². The fourth-order valence-corrected chi connectivity index (χ4v) is 4.47. The first-order valence-electron chi connectivity index (χ1n) is 10.4.